The predicted octanol–water partition coefficient (Wildman–Crippen LogP) is 6.24. The van der Waals surface area contributed by atoms with Crippen molar-refractivity contribution < 1.29 is 18.9 Å². The van der Waals surface area contributed by atoms with E-state index in [0.717, 1.165) is 24.1 Å². The van der Waals surface area contributed by atoms with Crippen molar-refractivity contribution in [2.24, 2.45) is 0 Å². The van der Waals surface area contributed by atoms with E-state index in [1.54, 1.807) is 4.90 Å². The molecule has 194 valence electrons. The Bertz CT molecular complexity index is 1480. The summed E-state index contributed by atoms with van der Waals surface area (Å²) in [6.45, 7) is 3.19. The average molecular weight is 512 g/mol. The SMILES string of the molecule is Cc1ccc(CCC(=O)Nc2ccc(C3CCN(C(=O)c4ccc([N+](=O)[O-])o4)CC3)cc2)c2ccccc12. The molecular weight excluding hydrogens is 482 g/mol. The Hall–Kier alpha value is -4.46. The van der Waals surface area contributed by atoms with Crippen molar-refractivity contribution in [1.29, 1.82) is 0 Å². The van der Waals surface area contributed by atoms with Gasteiger partial charge in [0.25, 0.3) is 5.91 Å². The van der Waals surface area contributed by atoms with E-state index in [2.05, 4.69) is 36.5 Å². The number of aryl methyl sites for hydroxylation is 2. The van der Waals surface area contributed by atoms with Gasteiger partial charge in [-0.05, 0) is 77.8 Å². The van der Waals surface area contributed by atoms with Crippen LogP contribution in [-0.2, 0) is 11.2 Å². The number of hydrogen-bond donors (Lipinski definition) is 1. The Balaban J connectivity index is 1.12. The molecule has 0 unspecified atom stereocenters. The number of amides is 2. The summed E-state index contributed by atoms with van der Waals surface area (Å²) in [7, 11) is 0. The first-order chi connectivity index (χ1) is 18.4. The fraction of sp³-hybridized carbons (Fsp3) is 0.267. The number of fused-ring (bicyclic) bond motifs is 1. The molecule has 8 nitrogen and oxygen atoms in total. The fourth-order valence-corrected chi connectivity index (χ4v) is 5.15. The van der Waals surface area contributed by atoms with Crippen LogP contribution in [-0.4, -0.2) is 34.7 Å². The van der Waals surface area contributed by atoms with Crippen molar-refractivity contribution in [3.05, 3.63) is 105 Å². The van der Waals surface area contributed by atoms with Crippen LogP contribution in [0.4, 0.5) is 11.6 Å². The summed E-state index contributed by atoms with van der Waals surface area (Å²) in [5.74, 6) is -0.491. The zero-order valence-corrected chi connectivity index (χ0v) is 21.2. The molecule has 8 heteroatoms. The van der Waals surface area contributed by atoms with E-state index in [9.17, 15) is 19.7 Å². The molecule has 0 atom stereocenters. The van der Waals surface area contributed by atoms with Gasteiger partial charge in [-0.2, -0.15) is 0 Å². The molecule has 1 fully saturated rings. The van der Waals surface area contributed by atoms with Gasteiger partial charge in [0, 0.05) is 25.2 Å². The highest BCUT2D eigenvalue weighted by molar-refractivity contribution is 5.93. The van der Waals surface area contributed by atoms with E-state index >= 15 is 0 Å². The molecule has 0 radical (unpaired) electrons. The molecule has 4 aromatic rings. The summed E-state index contributed by atoms with van der Waals surface area (Å²) >= 11 is 0. The number of nitrogens with one attached hydrogen (secondary N) is 1. The summed E-state index contributed by atoms with van der Waals surface area (Å²) in [6, 6.07) is 23.0. The first kappa shape index (κ1) is 25.2. The molecular formula is C30H29N3O5. The molecule has 0 spiro atoms. The molecule has 1 saturated heterocycles. The maximum Gasteiger partial charge on any atom is 0.433 e. The molecule has 1 N–H and O–H groups in total. The highest BCUT2D eigenvalue weighted by atomic mass is 16.6. The fourth-order valence-electron chi connectivity index (χ4n) is 5.15. The molecule has 3 aromatic carbocycles. The van der Waals surface area contributed by atoms with E-state index < -0.39 is 10.8 Å². The Morgan fingerprint density at radius 3 is 2.37 bits per heavy atom. The van der Waals surface area contributed by atoms with Gasteiger partial charge < -0.3 is 14.6 Å². The minimum Gasteiger partial charge on any atom is -0.395 e. The van der Waals surface area contributed by atoms with Crippen LogP contribution in [0.15, 0.2) is 77.2 Å². The molecule has 2 amide bonds. The zero-order valence-electron chi connectivity index (χ0n) is 21.2. The van der Waals surface area contributed by atoms with E-state index in [4.69, 9.17) is 4.42 Å². The van der Waals surface area contributed by atoms with Gasteiger partial charge in [-0.25, -0.2) is 0 Å². The largest absolute Gasteiger partial charge is 0.433 e. The van der Waals surface area contributed by atoms with Crippen LogP contribution in [0.1, 0.15) is 52.4 Å². The van der Waals surface area contributed by atoms with Crippen LogP contribution >= 0.6 is 0 Å². The average Bonchev–Trinajstić information content (AvgIpc) is 3.44. The molecule has 0 aliphatic carbocycles. The lowest BCUT2D eigenvalue weighted by atomic mass is 9.89. The normalized spacial score (nSPS) is 14.0. The first-order valence-electron chi connectivity index (χ1n) is 12.8. The second kappa shape index (κ2) is 10.9. The molecule has 2 heterocycles. The number of carbonyl (C=O) groups excluding carboxylic acids is 2. The Labute approximate surface area is 220 Å². The number of nitrogens with zero attached hydrogens (tertiary/aromatic N) is 2. The lowest BCUT2D eigenvalue weighted by molar-refractivity contribution is -0.402. The molecule has 5 rings (SSSR count). The standard InChI is InChI=1S/C30H29N3O5/c1-20-6-7-23(26-5-3-2-4-25(20)26)10-14-28(34)31-24-11-8-21(9-12-24)22-16-18-32(19-17-22)30(35)27-13-15-29(38-27)33(36)37/h2-9,11-13,15,22H,10,14,16-19H2,1H3,(H,31,34). The van der Waals surface area contributed by atoms with Crippen molar-refractivity contribution in [2.45, 2.75) is 38.5 Å². The molecule has 38 heavy (non-hydrogen) atoms. The van der Waals surface area contributed by atoms with Crippen molar-refractivity contribution in [3.63, 3.8) is 0 Å². The third-order valence-electron chi connectivity index (χ3n) is 7.28. The smallest absolute Gasteiger partial charge is 0.395 e. The third-order valence-corrected chi connectivity index (χ3v) is 7.28. The lowest BCUT2D eigenvalue weighted by Gasteiger charge is -2.31. The number of rotatable bonds is 7. The Morgan fingerprint density at radius 2 is 1.68 bits per heavy atom. The van der Waals surface area contributed by atoms with Crippen LogP contribution < -0.4 is 5.32 Å². The van der Waals surface area contributed by atoms with Crippen LogP contribution in [0.5, 0.6) is 0 Å². The highest BCUT2D eigenvalue weighted by Gasteiger charge is 2.27. The van der Waals surface area contributed by atoms with Gasteiger partial charge in [-0.15, -0.1) is 0 Å². The quantitative estimate of drug-likeness (QED) is 0.234. The molecule has 1 aliphatic rings. The van der Waals surface area contributed by atoms with Gasteiger partial charge in [0.15, 0.2) is 5.76 Å². The number of furan rings is 1. The topological polar surface area (TPSA) is 106 Å². The summed E-state index contributed by atoms with van der Waals surface area (Å²) in [5.41, 5.74) is 4.33. The molecule has 1 aromatic heterocycles. The second-order valence-electron chi connectivity index (χ2n) is 9.72. The number of anilines is 1. The number of nitro groups is 1. The summed E-state index contributed by atoms with van der Waals surface area (Å²) in [4.78, 5) is 37.1. The number of hydrogen-bond acceptors (Lipinski definition) is 5. The number of piperidine rings is 1. The van der Waals surface area contributed by atoms with Gasteiger partial charge in [-0.1, -0.05) is 48.5 Å². The van der Waals surface area contributed by atoms with E-state index in [1.807, 2.05) is 36.4 Å². The predicted molar refractivity (Wildman–Crippen MR) is 145 cm³/mol. The van der Waals surface area contributed by atoms with Gasteiger partial charge >= 0.3 is 5.88 Å². The maximum absolute atomic E-state index is 12.6. The first-order valence-corrected chi connectivity index (χ1v) is 12.8. The van der Waals surface area contributed by atoms with Crippen LogP contribution in [0.25, 0.3) is 10.8 Å². The zero-order chi connectivity index (χ0) is 26.6. The molecule has 0 saturated carbocycles. The minimum atomic E-state index is -0.652. The number of carbonyl (C=O) groups is 2. The van der Waals surface area contributed by atoms with Gasteiger partial charge in [0.2, 0.25) is 5.91 Å². The summed E-state index contributed by atoms with van der Waals surface area (Å²) < 4.78 is 5.06. The molecule has 1 aliphatic heterocycles. The van der Waals surface area contributed by atoms with E-state index in [0.29, 0.717) is 31.8 Å². The van der Waals surface area contributed by atoms with Crippen molar-refractivity contribution in [3.8, 4) is 0 Å². The van der Waals surface area contributed by atoms with Crippen molar-refractivity contribution >= 4 is 34.2 Å². The lowest BCUT2D eigenvalue weighted by Crippen LogP contribution is -2.37. The van der Waals surface area contributed by atoms with E-state index in [1.165, 1.54) is 34.0 Å². The number of likely N-dealkylation sites (tertiary alicyclic amines) is 1. The van der Waals surface area contributed by atoms with Crippen LogP contribution in [0, 0.1) is 17.0 Å². The van der Waals surface area contributed by atoms with Crippen molar-refractivity contribution in [1.82, 2.24) is 4.90 Å². The van der Waals surface area contributed by atoms with Crippen LogP contribution in [0.3, 0.4) is 0 Å². The molecule has 0 bridgehead atoms. The van der Waals surface area contributed by atoms with E-state index in [-0.39, 0.29) is 17.6 Å². The second-order valence-corrected chi connectivity index (χ2v) is 9.72. The minimum absolute atomic E-state index is 0.00851. The monoisotopic (exact) mass is 511 g/mol. The van der Waals surface area contributed by atoms with Crippen LogP contribution in [0.2, 0.25) is 0 Å². The Morgan fingerprint density at radius 1 is 0.974 bits per heavy atom. The third kappa shape index (κ3) is 5.44. The number of benzene rings is 3. The Kier molecular flexibility index (Phi) is 7.22. The van der Waals surface area contributed by atoms with Gasteiger partial charge in [0.05, 0.1) is 6.07 Å². The van der Waals surface area contributed by atoms with Crippen molar-refractivity contribution in [2.75, 3.05) is 18.4 Å². The highest BCUT2D eigenvalue weighted by Crippen LogP contribution is 2.30. The van der Waals surface area contributed by atoms with Gasteiger partial charge in [0.1, 0.15) is 4.92 Å². The van der Waals surface area contributed by atoms with Gasteiger partial charge in [-0.3, -0.25) is 19.7 Å². The maximum atomic E-state index is 12.6. The summed E-state index contributed by atoms with van der Waals surface area (Å²) in [6.07, 6.45) is 2.64. The summed E-state index contributed by atoms with van der Waals surface area (Å²) in [5, 5.41) is 16.2.